The Bertz CT molecular complexity index is 547. The van der Waals surface area contributed by atoms with Crippen molar-refractivity contribution in [2.45, 2.75) is 19.8 Å². The van der Waals surface area contributed by atoms with Crippen molar-refractivity contribution in [3.05, 3.63) is 22.6 Å². The number of rotatable bonds is 1. The molecule has 1 saturated heterocycles. The van der Waals surface area contributed by atoms with Crippen molar-refractivity contribution in [3.8, 4) is 0 Å². The number of nitrogens with zero attached hydrogens (tertiary/aromatic N) is 3. The Morgan fingerprint density at radius 1 is 1.37 bits per heavy atom. The smallest absolute Gasteiger partial charge is 0.299 e. The van der Waals surface area contributed by atoms with Gasteiger partial charge in [-0.2, -0.15) is 4.98 Å². The summed E-state index contributed by atoms with van der Waals surface area (Å²) < 4.78 is 5.90. The molecule has 0 N–H and O–H groups in total. The van der Waals surface area contributed by atoms with E-state index in [-0.39, 0.29) is 0 Å². The van der Waals surface area contributed by atoms with Crippen molar-refractivity contribution in [2.75, 3.05) is 31.7 Å². The highest BCUT2D eigenvalue weighted by molar-refractivity contribution is 6.32. The van der Waals surface area contributed by atoms with E-state index in [1.54, 1.807) is 0 Å². The summed E-state index contributed by atoms with van der Waals surface area (Å²) in [6.45, 7) is 4.98. The first-order chi connectivity index (χ1) is 9.15. The molecule has 1 aliphatic heterocycles. The van der Waals surface area contributed by atoms with Gasteiger partial charge in [-0.25, -0.2) is 0 Å². The molecule has 2 aliphatic rings. The Hall–Kier alpha value is -1.26. The number of halogens is 1. The van der Waals surface area contributed by atoms with E-state index in [1.807, 2.05) is 19.1 Å². The van der Waals surface area contributed by atoms with Crippen LogP contribution in [0.15, 0.2) is 15.5 Å². The van der Waals surface area contributed by atoms with Gasteiger partial charge in [0.05, 0.1) is 6.67 Å². The molecule has 1 aromatic heterocycles. The zero-order valence-electron chi connectivity index (χ0n) is 11.3. The van der Waals surface area contributed by atoms with Crippen LogP contribution in [0, 0.1) is 0 Å². The van der Waals surface area contributed by atoms with Crippen LogP contribution in [0.3, 0.4) is 0 Å². The van der Waals surface area contributed by atoms with Crippen LogP contribution in [-0.4, -0.2) is 36.7 Å². The molecule has 0 saturated carbocycles. The number of oxazole rings is 1. The second kappa shape index (κ2) is 5.02. The molecule has 0 atom stereocenters. The Kier molecular flexibility index (Phi) is 3.37. The van der Waals surface area contributed by atoms with Crippen LogP contribution >= 0.6 is 11.6 Å². The van der Waals surface area contributed by atoms with Crippen molar-refractivity contribution in [2.24, 2.45) is 0 Å². The zero-order valence-corrected chi connectivity index (χ0v) is 12.1. The van der Waals surface area contributed by atoms with E-state index in [0.717, 1.165) is 54.7 Å². The molecule has 1 fully saturated rings. The molecule has 1 aromatic rings. The molecule has 3 rings (SSSR count). The number of anilines is 1. The molecular weight excluding hydrogens is 262 g/mol. The average Bonchev–Trinajstić information content (AvgIpc) is 2.77. The minimum atomic E-state index is 0.701. The van der Waals surface area contributed by atoms with Crippen LogP contribution in [0.5, 0.6) is 0 Å². The van der Waals surface area contributed by atoms with Gasteiger partial charge >= 0.3 is 0 Å². The molecule has 1 aliphatic carbocycles. The van der Waals surface area contributed by atoms with Gasteiger partial charge in [0.1, 0.15) is 5.69 Å². The van der Waals surface area contributed by atoms with E-state index in [2.05, 4.69) is 21.8 Å². The van der Waals surface area contributed by atoms with E-state index in [1.165, 1.54) is 0 Å². The van der Waals surface area contributed by atoms with Crippen LogP contribution in [-0.2, 0) is 0 Å². The molecule has 5 heteroatoms. The lowest BCUT2D eigenvalue weighted by atomic mass is 10.2. The minimum absolute atomic E-state index is 0.701. The lowest BCUT2D eigenvalue weighted by Gasteiger charge is -2.31. The monoisotopic (exact) mass is 279 g/mol. The number of allylic oxidation sites excluding steroid dienone is 3. The molecule has 4 nitrogen and oxygen atoms in total. The Morgan fingerprint density at radius 2 is 2.21 bits per heavy atom. The minimum Gasteiger partial charge on any atom is -0.423 e. The first-order valence-electron chi connectivity index (χ1n) is 6.61. The SMILES string of the molecule is CC1=C(Cl)CC=Cc2oc(N3CCCN(C)C3)nc21. The molecule has 0 radical (unpaired) electrons. The van der Waals surface area contributed by atoms with E-state index in [0.29, 0.717) is 6.01 Å². The Balaban J connectivity index is 1.94. The van der Waals surface area contributed by atoms with Gasteiger partial charge in [0.2, 0.25) is 0 Å². The van der Waals surface area contributed by atoms with Crippen molar-refractivity contribution in [1.82, 2.24) is 9.88 Å². The molecule has 19 heavy (non-hydrogen) atoms. The fourth-order valence-electron chi connectivity index (χ4n) is 2.51. The van der Waals surface area contributed by atoms with Gasteiger partial charge < -0.3 is 9.32 Å². The van der Waals surface area contributed by atoms with Crippen LogP contribution < -0.4 is 4.90 Å². The summed E-state index contributed by atoms with van der Waals surface area (Å²) in [7, 11) is 2.11. The van der Waals surface area contributed by atoms with Crippen LogP contribution in [0.25, 0.3) is 11.6 Å². The highest BCUT2D eigenvalue weighted by Crippen LogP contribution is 2.33. The van der Waals surface area contributed by atoms with E-state index >= 15 is 0 Å². The second-order valence-corrected chi connectivity index (χ2v) is 5.64. The first kappa shape index (κ1) is 12.8. The molecule has 0 aromatic carbocycles. The summed E-state index contributed by atoms with van der Waals surface area (Å²) in [5.41, 5.74) is 1.89. The first-order valence-corrected chi connectivity index (χ1v) is 6.99. The van der Waals surface area contributed by atoms with Gasteiger partial charge in [-0.05, 0) is 32.0 Å². The maximum Gasteiger partial charge on any atom is 0.299 e. The maximum absolute atomic E-state index is 6.24. The van der Waals surface area contributed by atoms with E-state index in [9.17, 15) is 0 Å². The van der Waals surface area contributed by atoms with E-state index < -0.39 is 0 Å². The van der Waals surface area contributed by atoms with Gasteiger partial charge in [-0.15, -0.1) is 0 Å². The van der Waals surface area contributed by atoms with Gasteiger partial charge in [0.15, 0.2) is 5.76 Å². The topological polar surface area (TPSA) is 32.5 Å². The predicted molar refractivity (Wildman–Crippen MR) is 78.1 cm³/mol. The molecule has 2 heterocycles. The molecule has 0 bridgehead atoms. The second-order valence-electron chi connectivity index (χ2n) is 5.18. The largest absolute Gasteiger partial charge is 0.423 e. The zero-order chi connectivity index (χ0) is 13.4. The van der Waals surface area contributed by atoms with Gasteiger partial charge in [-0.1, -0.05) is 17.7 Å². The summed E-state index contributed by atoms with van der Waals surface area (Å²) >= 11 is 6.24. The summed E-state index contributed by atoms with van der Waals surface area (Å²) in [6.07, 6.45) is 5.88. The summed E-state index contributed by atoms with van der Waals surface area (Å²) in [5.74, 6) is 0.816. The fourth-order valence-corrected chi connectivity index (χ4v) is 2.69. The Labute approximate surface area is 118 Å². The molecular formula is C14H18ClN3O. The third-order valence-electron chi connectivity index (χ3n) is 3.62. The lowest BCUT2D eigenvalue weighted by molar-refractivity contribution is 0.281. The summed E-state index contributed by atoms with van der Waals surface area (Å²) in [5, 5.41) is 0.839. The van der Waals surface area contributed by atoms with Crippen molar-refractivity contribution in [1.29, 1.82) is 0 Å². The lowest BCUT2D eigenvalue weighted by Crippen LogP contribution is -2.42. The Morgan fingerprint density at radius 3 is 3.00 bits per heavy atom. The highest BCUT2D eigenvalue weighted by atomic mass is 35.5. The quantitative estimate of drug-likeness (QED) is 0.790. The van der Waals surface area contributed by atoms with Crippen LogP contribution in [0.1, 0.15) is 31.2 Å². The number of aromatic nitrogens is 1. The normalized spacial score (nSPS) is 20.7. The van der Waals surface area contributed by atoms with Gasteiger partial charge in [-0.3, -0.25) is 4.90 Å². The van der Waals surface area contributed by atoms with Crippen LogP contribution in [0.2, 0.25) is 0 Å². The highest BCUT2D eigenvalue weighted by Gasteiger charge is 2.23. The van der Waals surface area contributed by atoms with Gasteiger partial charge in [0, 0.05) is 24.5 Å². The molecule has 0 unspecified atom stereocenters. The van der Waals surface area contributed by atoms with Crippen LogP contribution in [0.4, 0.5) is 6.01 Å². The number of fused-ring (bicyclic) bond motifs is 1. The number of hydrogen-bond donors (Lipinski definition) is 0. The van der Waals surface area contributed by atoms with Crippen molar-refractivity contribution < 1.29 is 4.42 Å². The number of hydrogen-bond acceptors (Lipinski definition) is 4. The fraction of sp³-hybridized carbons (Fsp3) is 0.500. The maximum atomic E-state index is 6.24. The molecule has 0 spiro atoms. The average molecular weight is 280 g/mol. The summed E-state index contributed by atoms with van der Waals surface area (Å²) in [4.78, 5) is 9.08. The third kappa shape index (κ3) is 2.42. The third-order valence-corrected chi connectivity index (χ3v) is 4.06. The summed E-state index contributed by atoms with van der Waals surface area (Å²) in [6, 6.07) is 0.701. The molecule has 102 valence electrons. The van der Waals surface area contributed by atoms with Crippen molar-refractivity contribution >= 4 is 29.3 Å². The standard InChI is InChI=1S/C14H18ClN3O/c1-10-11(15)5-3-6-12-13(10)16-14(19-12)18-8-4-7-17(2)9-18/h3,6H,4-5,7-9H2,1-2H3. The van der Waals surface area contributed by atoms with E-state index in [4.69, 9.17) is 16.0 Å². The predicted octanol–water partition coefficient (Wildman–Crippen LogP) is 3.16. The van der Waals surface area contributed by atoms with Gasteiger partial charge in [0.25, 0.3) is 6.01 Å². The molecule has 0 amide bonds. The van der Waals surface area contributed by atoms with Crippen molar-refractivity contribution in [3.63, 3.8) is 0 Å².